The van der Waals surface area contributed by atoms with Crippen molar-refractivity contribution in [2.24, 2.45) is 5.41 Å². The van der Waals surface area contributed by atoms with Crippen LogP contribution < -0.4 is 0 Å². The molecule has 2 nitrogen and oxygen atoms in total. The summed E-state index contributed by atoms with van der Waals surface area (Å²) in [6, 6.07) is 0. The summed E-state index contributed by atoms with van der Waals surface area (Å²) in [4.78, 5) is 10.2. The Labute approximate surface area is 86.7 Å². The summed E-state index contributed by atoms with van der Waals surface area (Å²) in [7, 11) is -1.40. The lowest BCUT2D eigenvalue weighted by molar-refractivity contribution is -0.130. The van der Waals surface area contributed by atoms with E-state index in [9.17, 15) is 4.79 Å². The van der Waals surface area contributed by atoms with Gasteiger partial charge < -0.3 is 5.11 Å². The molecule has 3 heteroatoms. The molecule has 14 heavy (non-hydrogen) atoms. The van der Waals surface area contributed by atoms with E-state index >= 15 is 0 Å². The van der Waals surface area contributed by atoms with E-state index in [1.807, 2.05) is 13.8 Å². The maximum Gasteiger partial charge on any atom is 0.381 e. The van der Waals surface area contributed by atoms with Crippen LogP contribution in [0.5, 0.6) is 0 Å². The van der Waals surface area contributed by atoms with Gasteiger partial charge in [0.15, 0.2) is 0 Å². The van der Waals surface area contributed by atoms with Crippen LogP contribution in [0.25, 0.3) is 0 Å². The molecule has 76 valence electrons. The molecular formula is C11H16O2Si. The molecule has 0 unspecified atom stereocenters. The summed E-state index contributed by atoms with van der Waals surface area (Å²) >= 11 is 0. The van der Waals surface area contributed by atoms with Crippen molar-refractivity contribution in [2.45, 2.75) is 33.5 Å². The van der Waals surface area contributed by atoms with Crippen LogP contribution in [-0.4, -0.2) is 19.1 Å². The number of carboxylic acid groups (broad SMARTS) is 1. The summed E-state index contributed by atoms with van der Waals surface area (Å²) in [6.45, 7) is 10.1. The predicted molar refractivity (Wildman–Crippen MR) is 60.3 cm³/mol. The fraction of sp³-hybridized carbons (Fsp3) is 0.545. The summed E-state index contributed by atoms with van der Waals surface area (Å²) in [6.07, 6.45) is 0. The van der Waals surface area contributed by atoms with Crippen molar-refractivity contribution in [3.05, 3.63) is 0 Å². The van der Waals surface area contributed by atoms with Crippen LogP contribution in [0, 0.1) is 28.7 Å². The van der Waals surface area contributed by atoms with E-state index in [1.54, 1.807) is 0 Å². The quantitative estimate of drug-likeness (QED) is 0.488. The van der Waals surface area contributed by atoms with E-state index in [-0.39, 0.29) is 0 Å². The lowest BCUT2D eigenvalue weighted by Crippen LogP contribution is -2.18. The molecule has 0 aliphatic carbocycles. The van der Waals surface area contributed by atoms with E-state index in [4.69, 9.17) is 5.11 Å². The molecule has 0 bridgehead atoms. The number of rotatable bonds is 0. The minimum absolute atomic E-state index is 0.529. The molecule has 0 aliphatic rings. The van der Waals surface area contributed by atoms with Crippen molar-refractivity contribution < 1.29 is 9.90 Å². The average Bonchev–Trinajstić information content (AvgIpc) is 1.97. The third kappa shape index (κ3) is 7.46. The molecule has 0 heterocycles. The van der Waals surface area contributed by atoms with Gasteiger partial charge in [-0.2, -0.15) is 0 Å². The first kappa shape index (κ1) is 12.8. The largest absolute Gasteiger partial charge is 0.472 e. The third-order valence-corrected chi connectivity index (χ3v) is 2.11. The highest BCUT2D eigenvalue weighted by molar-refractivity contribution is 6.83. The minimum atomic E-state index is -1.40. The normalized spacial score (nSPS) is 10.6. The molecule has 0 radical (unpaired) electrons. The maximum absolute atomic E-state index is 10.2. The molecule has 0 spiro atoms. The standard InChI is InChI=1S/C11H16O2Si/c1-11(2,7-6-10(12)13)8-9-14(3,4)5/h1-5H3,(H,12,13). The van der Waals surface area contributed by atoms with Crippen LogP contribution in [0.3, 0.4) is 0 Å². The molecule has 0 aromatic heterocycles. The number of hydrogen-bond acceptors (Lipinski definition) is 1. The highest BCUT2D eigenvalue weighted by atomic mass is 28.3. The Morgan fingerprint density at radius 3 is 2.07 bits per heavy atom. The monoisotopic (exact) mass is 208 g/mol. The molecule has 0 aromatic rings. The van der Waals surface area contributed by atoms with Crippen molar-refractivity contribution in [1.29, 1.82) is 0 Å². The van der Waals surface area contributed by atoms with Crippen LogP contribution in [0.4, 0.5) is 0 Å². The van der Waals surface area contributed by atoms with Gasteiger partial charge in [-0.25, -0.2) is 4.79 Å². The average molecular weight is 208 g/mol. The van der Waals surface area contributed by atoms with E-state index < -0.39 is 19.5 Å². The van der Waals surface area contributed by atoms with E-state index in [0.717, 1.165) is 0 Å². The lowest BCUT2D eigenvalue weighted by Gasteiger charge is -2.10. The molecule has 1 N–H and O–H groups in total. The first-order valence-corrected chi connectivity index (χ1v) is 7.93. The SMILES string of the molecule is CC(C)(C#CC(=O)O)C#C[Si](C)(C)C. The zero-order valence-electron chi connectivity index (χ0n) is 9.36. The van der Waals surface area contributed by atoms with Gasteiger partial charge in [0.05, 0.1) is 5.41 Å². The first-order valence-electron chi connectivity index (χ1n) is 4.43. The number of carboxylic acids is 1. The zero-order chi connectivity index (χ0) is 11.4. The molecule has 0 saturated carbocycles. The number of aliphatic carboxylic acids is 1. The predicted octanol–water partition coefficient (Wildman–Crippen LogP) is 1.98. The molecule has 0 aromatic carbocycles. The zero-order valence-corrected chi connectivity index (χ0v) is 10.4. The van der Waals surface area contributed by atoms with Crippen LogP contribution in [0.15, 0.2) is 0 Å². The molecule has 0 saturated heterocycles. The Balaban J connectivity index is 4.74. The Hall–Kier alpha value is -1.19. The molecule has 0 atom stereocenters. The molecular weight excluding hydrogens is 192 g/mol. The van der Waals surface area contributed by atoms with Gasteiger partial charge in [-0.15, -0.1) is 5.54 Å². The Morgan fingerprint density at radius 2 is 1.71 bits per heavy atom. The van der Waals surface area contributed by atoms with Gasteiger partial charge in [0.25, 0.3) is 0 Å². The number of carbonyl (C=O) groups is 1. The van der Waals surface area contributed by atoms with Crippen molar-refractivity contribution in [3.8, 4) is 23.3 Å². The van der Waals surface area contributed by atoms with E-state index in [0.29, 0.717) is 0 Å². The molecule has 0 rings (SSSR count). The summed E-state index contributed by atoms with van der Waals surface area (Å²) in [5.74, 6) is 6.66. The summed E-state index contributed by atoms with van der Waals surface area (Å²) in [5, 5.41) is 8.39. The Morgan fingerprint density at radius 1 is 1.21 bits per heavy atom. The molecule has 0 fully saturated rings. The second kappa shape index (κ2) is 4.35. The second-order valence-electron chi connectivity index (χ2n) is 4.68. The van der Waals surface area contributed by atoms with Crippen LogP contribution in [0.1, 0.15) is 13.8 Å². The van der Waals surface area contributed by atoms with Gasteiger partial charge >= 0.3 is 5.97 Å². The van der Waals surface area contributed by atoms with E-state index in [2.05, 4.69) is 42.9 Å². The van der Waals surface area contributed by atoms with Gasteiger partial charge in [0.2, 0.25) is 0 Å². The van der Waals surface area contributed by atoms with Gasteiger partial charge in [-0.05, 0) is 13.8 Å². The van der Waals surface area contributed by atoms with Crippen molar-refractivity contribution >= 4 is 14.0 Å². The molecule has 0 amide bonds. The van der Waals surface area contributed by atoms with Crippen molar-refractivity contribution in [3.63, 3.8) is 0 Å². The second-order valence-corrected chi connectivity index (χ2v) is 9.43. The fourth-order valence-corrected chi connectivity index (χ4v) is 1.27. The van der Waals surface area contributed by atoms with Crippen LogP contribution in [-0.2, 0) is 4.79 Å². The fourth-order valence-electron chi connectivity index (χ4n) is 0.585. The van der Waals surface area contributed by atoms with Crippen molar-refractivity contribution in [2.75, 3.05) is 0 Å². The Bertz CT molecular complexity index is 339. The number of hydrogen-bond donors (Lipinski definition) is 1. The van der Waals surface area contributed by atoms with Gasteiger partial charge in [0, 0.05) is 5.92 Å². The van der Waals surface area contributed by atoms with Gasteiger partial charge in [-0.3, -0.25) is 0 Å². The van der Waals surface area contributed by atoms with Crippen LogP contribution in [0.2, 0.25) is 19.6 Å². The summed E-state index contributed by atoms with van der Waals surface area (Å²) < 4.78 is 0. The lowest BCUT2D eigenvalue weighted by atomic mass is 9.96. The van der Waals surface area contributed by atoms with Gasteiger partial charge in [-0.1, -0.05) is 31.5 Å². The minimum Gasteiger partial charge on any atom is -0.472 e. The topological polar surface area (TPSA) is 37.3 Å². The smallest absolute Gasteiger partial charge is 0.381 e. The highest BCUT2D eigenvalue weighted by Crippen LogP contribution is 2.12. The Kier molecular flexibility index (Phi) is 3.98. The summed E-state index contributed by atoms with van der Waals surface area (Å²) in [5.41, 5.74) is 2.65. The third-order valence-electron chi connectivity index (χ3n) is 1.23. The highest BCUT2D eigenvalue weighted by Gasteiger charge is 2.13. The van der Waals surface area contributed by atoms with Crippen LogP contribution >= 0.6 is 0 Å². The molecule has 0 aliphatic heterocycles. The van der Waals surface area contributed by atoms with E-state index in [1.165, 1.54) is 0 Å². The first-order chi connectivity index (χ1) is 6.12. The maximum atomic E-state index is 10.2. The van der Waals surface area contributed by atoms with Gasteiger partial charge in [0.1, 0.15) is 8.07 Å². The van der Waals surface area contributed by atoms with Crippen molar-refractivity contribution in [1.82, 2.24) is 0 Å².